The van der Waals surface area contributed by atoms with Gasteiger partial charge < -0.3 is 4.90 Å². The number of nitrogens with zero attached hydrogens (tertiary/aromatic N) is 1. The van der Waals surface area contributed by atoms with E-state index in [4.69, 9.17) is 0 Å². The Morgan fingerprint density at radius 1 is 1.31 bits per heavy atom. The highest BCUT2D eigenvalue weighted by atomic mass is 79.9. The molecule has 0 aliphatic heterocycles. The molecule has 0 bridgehead atoms. The molecule has 4 nitrogen and oxygen atoms in total. The molecular formula is C10H15BrN2O2S. The van der Waals surface area contributed by atoms with Crippen LogP contribution in [0.3, 0.4) is 0 Å². The summed E-state index contributed by atoms with van der Waals surface area (Å²) in [6.45, 7) is 1.04. The van der Waals surface area contributed by atoms with Gasteiger partial charge in [-0.15, -0.1) is 0 Å². The van der Waals surface area contributed by atoms with Gasteiger partial charge in [-0.1, -0.05) is 34.1 Å². The van der Waals surface area contributed by atoms with Gasteiger partial charge in [-0.25, -0.2) is 13.1 Å². The molecule has 0 aliphatic rings. The van der Waals surface area contributed by atoms with Crippen molar-refractivity contribution >= 4 is 31.6 Å². The highest BCUT2D eigenvalue weighted by molar-refractivity contribution is 9.10. The lowest BCUT2D eigenvalue weighted by Crippen LogP contribution is -2.33. The van der Waals surface area contributed by atoms with E-state index < -0.39 is 10.0 Å². The van der Waals surface area contributed by atoms with Crippen molar-refractivity contribution in [2.24, 2.45) is 0 Å². The van der Waals surface area contributed by atoms with Crippen LogP contribution in [0, 0.1) is 0 Å². The lowest BCUT2D eigenvalue weighted by molar-refractivity contribution is 0.587. The molecule has 0 aliphatic carbocycles. The average Bonchev–Trinajstić information content (AvgIpc) is 2.30. The van der Waals surface area contributed by atoms with Crippen LogP contribution in [0.15, 0.2) is 30.3 Å². The Morgan fingerprint density at radius 2 is 1.94 bits per heavy atom. The molecule has 0 saturated heterocycles. The number of benzene rings is 1. The van der Waals surface area contributed by atoms with Gasteiger partial charge in [-0.2, -0.15) is 0 Å². The van der Waals surface area contributed by atoms with Crippen LogP contribution in [0.25, 0.3) is 0 Å². The van der Waals surface area contributed by atoms with Gasteiger partial charge in [0.1, 0.15) is 4.66 Å². The molecule has 0 amide bonds. The second-order valence-corrected chi connectivity index (χ2v) is 6.49. The number of likely N-dealkylation sites (N-methyl/N-ethyl adjacent to an activating group) is 1. The highest BCUT2D eigenvalue weighted by Crippen LogP contribution is 2.09. The van der Waals surface area contributed by atoms with Crippen molar-refractivity contribution in [1.29, 1.82) is 0 Å². The lowest BCUT2D eigenvalue weighted by atomic mass is 10.3. The average molecular weight is 307 g/mol. The van der Waals surface area contributed by atoms with Gasteiger partial charge in [0.2, 0.25) is 10.0 Å². The topological polar surface area (TPSA) is 49.4 Å². The van der Waals surface area contributed by atoms with Crippen LogP contribution in [-0.4, -0.2) is 33.2 Å². The van der Waals surface area contributed by atoms with Crippen molar-refractivity contribution in [2.45, 2.75) is 0 Å². The number of anilines is 1. The minimum absolute atomic E-state index is 0.0605. The number of hydrogen-bond donors (Lipinski definition) is 1. The molecule has 16 heavy (non-hydrogen) atoms. The van der Waals surface area contributed by atoms with E-state index >= 15 is 0 Å². The summed E-state index contributed by atoms with van der Waals surface area (Å²) in [4.78, 5) is 2.00. The SMILES string of the molecule is CN(CCNS(=O)(=O)CBr)c1ccccc1. The van der Waals surface area contributed by atoms with Gasteiger partial charge in [0.05, 0.1) is 0 Å². The third-order valence-electron chi connectivity index (χ3n) is 2.11. The summed E-state index contributed by atoms with van der Waals surface area (Å²) < 4.78 is 24.7. The van der Waals surface area contributed by atoms with Crippen LogP contribution >= 0.6 is 15.9 Å². The van der Waals surface area contributed by atoms with Gasteiger partial charge in [0.25, 0.3) is 0 Å². The zero-order chi connectivity index (χ0) is 12.0. The van der Waals surface area contributed by atoms with Crippen LogP contribution in [0.5, 0.6) is 0 Å². The Labute approximate surface area is 105 Å². The van der Waals surface area contributed by atoms with Crippen molar-refractivity contribution in [2.75, 3.05) is 29.7 Å². The van der Waals surface area contributed by atoms with Crippen molar-refractivity contribution < 1.29 is 8.42 Å². The third kappa shape index (κ3) is 4.51. The van der Waals surface area contributed by atoms with Gasteiger partial charge in [0.15, 0.2) is 0 Å². The first-order valence-electron chi connectivity index (χ1n) is 4.84. The minimum Gasteiger partial charge on any atom is -0.373 e. The summed E-state index contributed by atoms with van der Waals surface area (Å²) in [5, 5.41) is 0. The number of para-hydroxylation sites is 1. The summed E-state index contributed by atoms with van der Waals surface area (Å²) in [7, 11) is -1.23. The van der Waals surface area contributed by atoms with E-state index in [2.05, 4.69) is 20.7 Å². The Balaban J connectivity index is 2.40. The molecule has 0 spiro atoms. The van der Waals surface area contributed by atoms with Crippen LogP contribution in [0.2, 0.25) is 0 Å². The molecular weight excluding hydrogens is 292 g/mol. The van der Waals surface area contributed by atoms with Crippen molar-refractivity contribution in [3.05, 3.63) is 30.3 Å². The Bertz CT molecular complexity index is 408. The second-order valence-electron chi connectivity index (χ2n) is 3.38. The fraction of sp³-hybridized carbons (Fsp3) is 0.400. The molecule has 6 heteroatoms. The quantitative estimate of drug-likeness (QED) is 0.808. The monoisotopic (exact) mass is 306 g/mol. The normalized spacial score (nSPS) is 11.4. The molecule has 1 aromatic rings. The van der Waals surface area contributed by atoms with E-state index in [1.165, 1.54) is 0 Å². The van der Waals surface area contributed by atoms with Crippen LogP contribution in [0.4, 0.5) is 5.69 Å². The maximum Gasteiger partial charge on any atom is 0.221 e. The second kappa shape index (κ2) is 6.22. The van der Waals surface area contributed by atoms with E-state index in [9.17, 15) is 8.42 Å². The summed E-state index contributed by atoms with van der Waals surface area (Å²) in [6, 6.07) is 9.83. The molecule has 0 fully saturated rings. The molecule has 0 saturated carbocycles. The van der Waals surface area contributed by atoms with Crippen LogP contribution in [0.1, 0.15) is 0 Å². The smallest absolute Gasteiger partial charge is 0.221 e. The first kappa shape index (κ1) is 13.5. The Hall–Kier alpha value is -0.590. The first-order chi connectivity index (χ1) is 7.55. The van der Waals surface area contributed by atoms with E-state index in [1.54, 1.807) is 0 Å². The Morgan fingerprint density at radius 3 is 2.50 bits per heavy atom. The number of rotatable bonds is 6. The molecule has 0 heterocycles. The number of nitrogens with one attached hydrogen (secondary N) is 1. The molecule has 0 aromatic heterocycles. The van der Waals surface area contributed by atoms with Gasteiger partial charge in [-0.3, -0.25) is 0 Å². The summed E-state index contributed by atoms with van der Waals surface area (Å²) in [5.41, 5.74) is 1.07. The molecule has 90 valence electrons. The van der Waals surface area contributed by atoms with Crippen LogP contribution < -0.4 is 9.62 Å². The third-order valence-corrected chi connectivity index (χ3v) is 4.85. The minimum atomic E-state index is -3.16. The molecule has 0 atom stereocenters. The molecule has 1 rings (SSSR count). The molecule has 1 N–H and O–H groups in total. The highest BCUT2D eigenvalue weighted by Gasteiger charge is 2.07. The molecule has 1 aromatic carbocycles. The number of hydrogen-bond acceptors (Lipinski definition) is 3. The Kier molecular flexibility index (Phi) is 5.24. The number of alkyl halides is 1. The summed E-state index contributed by atoms with van der Waals surface area (Å²) in [6.07, 6.45) is 0. The van der Waals surface area contributed by atoms with Gasteiger partial charge in [0, 0.05) is 25.8 Å². The zero-order valence-corrected chi connectivity index (χ0v) is 11.5. The van der Waals surface area contributed by atoms with Gasteiger partial charge >= 0.3 is 0 Å². The van der Waals surface area contributed by atoms with Crippen LogP contribution in [-0.2, 0) is 10.0 Å². The zero-order valence-electron chi connectivity index (χ0n) is 9.06. The van der Waals surface area contributed by atoms with E-state index in [-0.39, 0.29) is 4.66 Å². The first-order valence-corrected chi connectivity index (χ1v) is 7.62. The van der Waals surface area contributed by atoms with Gasteiger partial charge in [-0.05, 0) is 12.1 Å². The molecule has 0 unspecified atom stereocenters. The predicted octanol–water partition coefficient (Wildman–Crippen LogP) is 1.39. The van der Waals surface area contributed by atoms with E-state index in [1.807, 2.05) is 42.3 Å². The summed E-state index contributed by atoms with van der Waals surface area (Å²) in [5.74, 6) is 0. The summed E-state index contributed by atoms with van der Waals surface area (Å²) >= 11 is 2.92. The fourth-order valence-electron chi connectivity index (χ4n) is 1.22. The lowest BCUT2D eigenvalue weighted by Gasteiger charge is -2.19. The maximum absolute atomic E-state index is 11.1. The largest absolute Gasteiger partial charge is 0.373 e. The number of sulfonamides is 1. The van der Waals surface area contributed by atoms with Crippen molar-refractivity contribution in [3.8, 4) is 0 Å². The van der Waals surface area contributed by atoms with Crippen molar-refractivity contribution in [3.63, 3.8) is 0 Å². The fourth-order valence-corrected chi connectivity index (χ4v) is 2.18. The van der Waals surface area contributed by atoms with E-state index in [0.29, 0.717) is 13.1 Å². The van der Waals surface area contributed by atoms with E-state index in [0.717, 1.165) is 5.69 Å². The maximum atomic E-state index is 11.1. The number of halogens is 1. The molecule has 0 radical (unpaired) electrons. The standard InChI is InChI=1S/C10H15BrN2O2S/c1-13(10-5-3-2-4-6-10)8-7-12-16(14,15)9-11/h2-6,12H,7-9H2,1H3. The van der Waals surface area contributed by atoms with Crippen molar-refractivity contribution in [1.82, 2.24) is 4.72 Å². The predicted molar refractivity (Wildman–Crippen MR) is 70.4 cm³/mol.